The number of allylic oxidation sites excluding steroid dienone is 1. The fourth-order valence-corrected chi connectivity index (χ4v) is 1.99. The van der Waals surface area contributed by atoms with Crippen molar-refractivity contribution in [3.63, 3.8) is 0 Å². The first-order chi connectivity index (χ1) is 6.20. The largest absolute Gasteiger partial charge is 0.305 e. The number of nitrogens with zero attached hydrogens (tertiary/aromatic N) is 1. The zero-order chi connectivity index (χ0) is 9.68. The van der Waals surface area contributed by atoms with Gasteiger partial charge in [-0.3, -0.25) is 0 Å². The zero-order valence-electron chi connectivity index (χ0n) is 7.54. The SMILES string of the molecule is C=C(C)C(=C)CSNc1nccs1. The summed E-state index contributed by atoms with van der Waals surface area (Å²) in [6, 6.07) is 0. The molecule has 2 nitrogen and oxygen atoms in total. The molecule has 0 aliphatic carbocycles. The lowest BCUT2D eigenvalue weighted by Gasteiger charge is -2.04. The molecule has 1 heterocycles. The van der Waals surface area contributed by atoms with E-state index in [1.807, 2.05) is 12.3 Å². The first-order valence-electron chi connectivity index (χ1n) is 3.81. The summed E-state index contributed by atoms with van der Waals surface area (Å²) < 4.78 is 3.13. The van der Waals surface area contributed by atoms with Crippen molar-refractivity contribution in [3.05, 3.63) is 35.9 Å². The van der Waals surface area contributed by atoms with E-state index in [2.05, 4.69) is 22.9 Å². The van der Waals surface area contributed by atoms with Gasteiger partial charge >= 0.3 is 0 Å². The van der Waals surface area contributed by atoms with E-state index in [9.17, 15) is 0 Å². The molecule has 4 heteroatoms. The maximum Gasteiger partial charge on any atom is 0.192 e. The molecule has 0 radical (unpaired) electrons. The van der Waals surface area contributed by atoms with Crippen LogP contribution in [-0.4, -0.2) is 10.7 Å². The zero-order valence-corrected chi connectivity index (χ0v) is 9.17. The third-order valence-electron chi connectivity index (χ3n) is 1.44. The van der Waals surface area contributed by atoms with Gasteiger partial charge < -0.3 is 4.72 Å². The van der Waals surface area contributed by atoms with E-state index >= 15 is 0 Å². The average Bonchev–Trinajstić information content (AvgIpc) is 2.56. The van der Waals surface area contributed by atoms with Crippen LogP contribution in [0, 0.1) is 0 Å². The highest BCUT2D eigenvalue weighted by Gasteiger charge is 1.97. The molecule has 0 fully saturated rings. The van der Waals surface area contributed by atoms with Crippen molar-refractivity contribution in [2.45, 2.75) is 6.92 Å². The van der Waals surface area contributed by atoms with Gasteiger partial charge in [0.1, 0.15) is 0 Å². The van der Waals surface area contributed by atoms with Crippen LogP contribution in [0.25, 0.3) is 0 Å². The van der Waals surface area contributed by atoms with Crippen LogP contribution in [-0.2, 0) is 0 Å². The van der Waals surface area contributed by atoms with Gasteiger partial charge in [-0.2, -0.15) is 0 Å². The lowest BCUT2D eigenvalue weighted by molar-refractivity contribution is 1.39. The molecule has 0 aliphatic heterocycles. The van der Waals surface area contributed by atoms with Crippen molar-refractivity contribution in [2.24, 2.45) is 0 Å². The quantitative estimate of drug-likeness (QED) is 0.598. The molecule has 0 bridgehead atoms. The van der Waals surface area contributed by atoms with Gasteiger partial charge in [0.05, 0.1) is 0 Å². The van der Waals surface area contributed by atoms with Crippen molar-refractivity contribution in [3.8, 4) is 0 Å². The normalized spacial score (nSPS) is 9.62. The number of hydrogen-bond donors (Lipinski definition) is 1. The van der Waals surface area contributed by atoms with Crippen LogP contribution >= 0.6 is 23.3 Å². The molecule has 1 rings (SSSR count). The fourth-order valence-electron chi connectivity index (χ4n) is 0.582. The third-order valence-corrected chi connectivity index (χ3v) is 3.09. The van der Waals surface area contributed by atoms with Gasteiger partial charge in [-0.15, -0.1) is 11.3 Å². The topological polar surface area (TPSA) is 24.9 Å². The first kappa shape index (κ1) is 10.3. The fraction of sp³-hybridized carbons (Fsp3) is 0.222. The molecule has 0 atom stereocenters. The second-order valence-corrected chi connectivity index (χ2v) is 4.29. The number of rotatable bonds is 5. The van der Waals surface area contributed by atoms with Gasteiger partial charge in [-0.05, 0) is 24.4 Å². The van der Waals surface area contributed by atoms with Crippen LogP contribution in [0.2, 0.25) is 0 Å². The summed E-state index contributed by atoms with van der Waals surface area (Å²) in [5.74, 6) is 0.842. The van der Waals surface area contributed by atoms with Gasteiger partial charge in [0.2, 0.25) is 0 Å². The minimum absolute atomic E-state index is 0.842. The Hall–Kier alpha value is -0.740. The Morgan fingerprint density at radius 3 is 3.00 bits per heavy atom. The molecule has 0 aromatic carbocycles. The monoisotopic (exact) mass is 212 g/mol. The maximum absolute atomic E-state index is 4.09. The van der Waals surface area contributed by atoms with Crippen LogP contribution in [0.5, 0.6) is 0 Å². The van der Waals surface area contributed by atoms with E-state index in [1.165, 1.54) is 0 Å². The summed E-state index contributed by atoms with van der Waals surface area (Å²) in [4.78, 5) is 4.09. The highest BCUT2D eigenvalue weighted by molar-refractivity contribution is 8.00. The van der Waals surface area contributed by atoms with E-state index < -0.39 is 0 Å². The van der Waals surface area contributed by atoms with Gasteiger partial charge in [-0.1, -0.05) is 18.7 Å². The summed E-state index contributed by atoms with van der Waals surface area (Å²) in [7, 11) is 0. The molecule has 70 valence electrons. The number of nitrogens with one attached hydrogen (secondary N) is 1. The predicted octanol–water partition coefficient (Wildman–Crippen LogP) is 3.34. The highest BCUT2D eigenvalue weighted by Crippen LogP contribution is 2.18. The highest BCUT2D eigenvalue weighted by atomic mass is 32.2. The van der Waals surface area contributed by atoms with Gasteiger partial charge in [0.25, 0.3) is 0 Å². The number of aromatic nitrogens is 1. The van der Waals surface area contributed by atoms with Crippen LogP contribution in [0.3, 0.4) is 0 Å². The Morgan fingerprint density at radius 2 is 2.46 bits per heavy atom. The van der Waals surface area contributed by atoms with E-state index in [1.54, 1.807) is 29.5 Å². The van der Waals surface area contributed by atoms with Crippen molar-refractivity contribution in [1.29, 1.82) is 0 Å². The van der Waals surface area contributed by atoms with Crippen LogP contribution in [0.4, 0.5) is 5.13 Å². The summed E-state index contributed by atoms with van der Waals surface area (Å²) in [5.41, 5.74) is 2.10. The number of hydrogen-bond acceptors (Lipinski definition) is 4. The van der Waals surface area contributed by atoms with Crippen LogP contribution in [0.15, 0.2) is 35.9 Å². The number of anilines is 1. The minimum atomic E-state index is 0.842. The first-order valence-corrected chi connectivity index (χ1v) is 5.67. The van der Waals surface area contributed by atoms with Crippen molar-refractivity contribution >= 4 is 28.4 Å². The van der Waals surface area contributed by atoms with Crippen LogP contribution < -0.4 is 4.72 Å². The molecule has 1 aromatic rings. The van der Waals surface area contributed by atoms with Gasteiger partial charge in [-0.25, -0.2) is 4.98 Å². The lowest BCUT2D eigenvalue weighted by atomic mass is 10.2. The molecule has 0 unspecified atom stereocenters. The minimum Gasteiger partial charge on any atom is -0.305 e. The molecule has 0 aliphatic rings. The molecule has 0 saturated heterocycles. The van der Waals surface area contributed by atoms with Gasteiger partial charge in [0.15, 0.2) is 5.13 Å². The molecular weight excluding hydrogens is 200 g/mol. The maximum atomic E-state index is 4.09. The Bertz CT molecular complexity index is 291. The Morgan fingerprint density at radius 1 is 1.69 bits per heavy atom. The molecule has 13 heavy (non-hydrogen) atoms. The predicted molar refractivity (Wildman–Crippen MR) is 62.1 cm³/mol. The lowest BCUT2D eigenvalue weighted by Crippen LogP contribution is -1.92. The molecule has 1 aromatic heterocycles. The third kappa shape index (κ3) is 3.65. The van der Waals surface area contributed by atoms with E-state index in [-0.39, 0.29) is 0 Å². The molecular formula is C9H12N2S2. The standard InChI is InChI=1S/C9H12N2S2/c1-7(2)8(3)6-13-11-9-10-4-5-12-9/h4-5H,1,3,6H2,2H3,(H,10,11). The Balaban J connectivity index is 2.22. The van der Waals surface area contributed by atoms with Crippen molar-refractivity contribution < 1.29 is 0 Å². The Kier molecular flexibility index (Phi) is 4.05. The number of thiazole rings is 1. The average molecular weight is 212 g/mol. The van der Waals surface area contributed by atoms with Crippen LogP contribution in [0.1, 0.15) is 6.92 Å². The van der Waals surface area contributed by atoms with Gasteiger partial charge in [0, 0.05) is 17.3 Å². The summed E-state index contributed by atoms with van der Waals surface area (Å²) >= 11 is 3.17. The molecule has 0 amide bonds. The van der Waals surface area contributed by atoms with E-state index in [0.717, 1.165) is 22.0 Å². The molecule has 0 spiro atoms. The van der Waals surface area contributed by atoms with Crippen molar-refractivity contribution in [1.82, 2.24) is 4.98 Å². The smallest absolute Gasteiger partial charge is 0.192 e. The summed E-state index contributed by atoms with van der Waals surface area (Å²) in [5, 5.41) is 2.87. The second-order valence-electron chi connectivity index (χ2n) is 2.61. The molecule has 0 saturated carbocycles. The van der Waals surface area contributed by atoms with E-state index in [4.69, 9.17) is 0 Å². The summed E-state index contributed by atoms with van der Waals surface area (Å²) in [6.45, 7) is 9.68. The van der Waals surface area contributed by atoms with Crippen molar-refractivity contribution in [2.75, 3.05) is 10.5 Å². The summed E-state index contributed by atoms with van der Waals surface area (Å²) in [6.07, 6.45) is 1.78. The Labute approximate surface area is 86.9 Å². The van der Waals surface area contributed by atoms with E-state index in [0.29, 0.717) is 0 Å². The second kappa shape index (κ2) is 5.09. The molecule has 1 N–H and O–H groups in total.